The topological polar surface area (TPSA) is 56.7 Å². The molecule has 0 fully saturated rings. The van der Waals surface area contributed by atoms with Crippen LogP contribution in [0.3, 0.4) is 0 Å². The molecule has 0 aromatic heterocycles. The molecule has 4 heteroatoms. The molecule has 1 atom stereocenters. The van der Waals surface area contributed by atoms with Crippen molar-refractivity contribution in [2.45, 2.75) is 66.7 Å². The molecule has 0 aliphatic heterocycles. The predicted molar refractivity (Wildman–Crippen MR) is 92.8 cm³/mol. The van der Waals surface area contributed by atoms with E-state index in [9.17, 15) is 0 Å². The first-order valence-corrected chi connectivity index (χ1v) is 8.56. The number of aliphatic hydroxyl groups is 1. The molecule has 1 unspecified atom stereocenters. The second kappa shape index (κ2) is 11.8. The SMILES string of the molecule is CCCC(CCO)CN=C(NCC)NCCCC(C)(C)C. The van der Waals surface area contributed by atoms with Gasteiger partial charge >= 0.3 is 0 Å². The summed E-state index contributed by atoms with van der Waals surface area (Å²) in [5.41, 5.74) is 0.393. The van der Waals surface area contributed by atoms with E-state index >= 15 is 0 Å². The molecule has 0 aliphatic carbocycles. The lowest BCUT2D eigenvalue weighted by molar-refractivity contribution is 0.253. The molecular formula is C17H37N3O. The molecule has 3 N–H and O–H groups in total. The number of nitrogens with zero attached hydrogens (tertiary/aromatic N) is 1. The fraction of sp³-hybridized carbons (Fsp3) is 0.941. The third-order valence-electron chi connectivity index (χ3n) is 3.48. The Labute approximate surface area is 131 Å². The van der Waals surface area contributed by atoms with Crippen LogP contribution in [0.4, 0.5) is 0 Å². The average Bonchev–Trinajstić information content (AvgIpc) is 2.40. The number of nitrogens with one attached hydrogen (secondary N) is 2. The Bertz CT molecular complexity index is 266. The van der Waals surface area contributed by atoms with E-state index in [2.05, 4.69) is 50.2 Å². The minimum atomic E-state index is 0.260. The van der Waals surface area contributed by atoms with Crippen molar-refractivity contribution in [2.24, 2.45) is 16.3 Å². The lowest BCUT2D eigenvalue weighted by Gasteiger charge is -2.19. The van der Waals surface area contributed by atoms with Crippen LogP contribution < -0.4 is 10.6 Å². The summed E-state index contributed by atoms with van der Waals surface area (Å²) in [6.07, 6.45) is 5.50. The summed E-state index contributed by atoms with van der Waals surface area (Å²) >= 11 is 0. The maximum Gasteiger partial charge on any atom is 0.191 e. The largest absolute Gasteiger partial charge is 0.396 e. The van der Waals surface area contributed by atoms with Crippen LogP contribution in [-0.4, -0.2) is 37.3 Å². The van der Waals surface area contributed by atoms with Gasteiger partial charge < -0.3 is 15.7 Å². The van der Waals surface area contributed by atoms with E-state index in [0.29, 0.717) is 11.3 Å². The Balaban J connectivity index is 4.21. The molecule has 0 spiro atoms. The minimum Gasteiger partial charge on any atom is -0.396 e. The number of guanidine groups is 1. The van der Waals surface area contributed by atoms with Crippen LogP contribution in [0.25, 0.3) is 0 Å². The highest BCUT2D eigenvalue weighted by atomic mass is 16.3. The lowest BCUT2D eigenvalue weighted by Crippen LogP contribution is -2.38. The van der Waals surface area contributed by atoms with Gasteiger partial charge in [0.15, 0.2) is 5.96 Å². The van der Waals surface area contributed by atoms with E-state index in [1.54, 1.807) is 0 Å². The van der Waals surface area contributed by atoms with Gasteiger partial charge in [0.05, 0.1) is 0 Å². The molecular weight excluding hydrogens is 262 g/mol. The van der Waals surface area contributed by atoms with Crippen LogP contribution in [0.1, 0.15) is 66.7 Å². The van der Waals surface area contributed by atoms with Crippen LogP contribution >= 0.6 is 0 Å². The third-order valence-corrected chi connectivity index (χ3v) is 3.48. The van der Waals surface area contributed by atoms with Gasteiger partial charge in [0.1, 0.15) is 0 Å². The van der Waals surface area contributed by atoms with Crippen molar-refractivity contribution in [2.75, 3.05) is 26.2 Å². The predicted octanol–water partition coefficient (Wildman–Crippen LogP) is 3.17. The fourth-order valence-corrected chi connectivity index (χ4v) is 2.31. The molecule has 0 aliphatic rings. The standard InChI is InChI=1S/C17H37N3O/c1-6-9-15(10-13-21)14-20-16(18-7-2)19-12-8-11-17(3,4)5/h15,21H,6-14H2,1-5H3,(H2,18,19,20). The van der Waals surface area contributed by atoms with Crippen molar-refractivity contribution >= 4 is 5.96 Å². The molecule has 0 rings (SSSR count). The van der Waals surface area contributed by atoms with Gasteiger partial charge in [-0.3, -0.25) is 4.99 Å². The van der Waals surface area contributed by atoms with Crippen LogP contribution in [0, 0.1) is 11.3 Å². The highest BCUT2D eigenvalue weighted by molar-refractivity contribution is 5.79. The maximum absolute atomic E-state index is 9.10. The van der Waals surface area contributed by atoms with E-state index in [-0.39, 0.29) is 6.61 Å². The molecule has 0 saturated heterocycles. The maximum atomic E-state index is 9.10. The van der Waals surface area contributed by atoms with Crippen molar-refractivity contribution in [3.8, 4) is 0 Å². The Kier molecular flexibility index (Phi) is 11.4. The number of hydrogen-bond acceptors (Lipinski definition) is 2. The number of hydrogen-bond donors (Lipinski definition) is 3. The summed E-state index contributed by atoms with van der Waals surface area (Å²) in [6.45, 7) is 14.0. The molecule has 0 saturated carbocycles. The number of aliphatic imine (C=N–C) groups is 1. The van der Waals surface area contributed by atoms with Crippen molar-refractivity contribution in [3.05, 3.63) is 0 Å². The van der Waals surface area contributed by atoms with Gasteiger partial charge in [-0.2, -0.15) is 0 Å². The van der Waals surface area contributed by atoms with Crippen molar-refractivity contribution in [1.82, 2.24) is 10.6 Å². The van der Waals surface area contributed by atoms with E-state index < -0.39 is 0 Å². The molecule has 21 heavy (non-hydrogen) atoms. The van der Waals surface area contributed by atoms with E-state index in [1.807, 2.05) is 0 Å². The summed E-state index contributed by atoms with van der Waals surface area (Å²) < 4.78 is 0. The number of aliphatic hydroxyl groups excluding tert-OH is 1. The molecule has 0 aromatic rings. The Morgan fingerprint density at radius 3 is 2.38 bits per heavy atom. The van der Waals surface area contributed by atoms with Gasteiger partial charge in [-0.1, -0.05) is 34.1 Å². The first kappa shape index (κ1) is 20.2. The quantitative estimate of drug-likeness (QED) is 0.330. The van der Waals surface area contributed by atoms with Crippen molar-refractivity contribution < 1.29 is 5.11 Å². The molecule has 0 aromatic carbocycles. The van der Waals surface area contributed by atoms with Gasteiger partial charge in [-0.25, -0.2) is 0 Å². The molecule has 126 valence electrons. The molecule has 4 nitrogen and oxygen atoms in total. The third kappa shape index (κ3) is 12.7. The highest BCUT2D eigenvalue weighted by Gasteiger charge is 2.10. The smallest absolute Gasteiger partial charge is 0.191 e. The Morgan fingerprint density at radius 1 is 1.14 bits per heavy atom. The minimum absolute atomic E-state index is 0.260. The average molecular weight is 300 g/mol. The molecule has 0 heterocycles. The Hall–Kier alpha value is -0.770. The first-order valence-electron chi connectivity index (χ1n) is 8.56. The zero-order chi connectivity index (χ0) is 16.1. The van der Waals surface area contributed by atoms with Crippen LogP contribution in [0.5, 0.6) is 0 Å². The molecule has 0 radical (unpaired) electrons. The molecule has 0 bridgehead atoms. The van der Waals surface area contributed by atoms with Gasteiger partial charge in [0.2, 0.25) is 0 Å². The van der Waals surface area contributed by atoms with Crippen LogP contribution in [0.2, 0.25) is 0 Å². The van der Waals surface area contributed by atoms with E-state index in [4.69, 9.17) is 5.11 Å². The zero-order valence-electron chi connectivity index (χ0n) is 14.8. The summed E-state index contributed by atoms with van der Waals surface area (Å²) in [6, 6.07) is 0. The van der Waals surface area contributed by atoms with Gasteiger partial charge in [0, 0.05) is 26.2 Å². The van der Waals surface area contributed by atoms with Gasteiger partial charge in [-0.05, 0) is 43.9 Å². The first-order chi connectivity index (χ1) is 9.92. The number of rotatable bonds is 10. The fourth-order valence-electron chi connectivity index (χ4n) is 2.31. The second-order valence-electron chi connectivity index (χ2n) is 6.98. The molecule has 0 amide bonds. The zero-order valence-corrected chi connectivity index (χ0v) is 14.8. The lowest BCUT2D eigenvalue weighted by atomic mass is 9.91. The summed E-state index contributed by atoms with van der Waals surface area (Å²) in [4.78, 5) is 4.67. The van der Waals surface area contributed by atoms with Crippen LogP contribution in [0.15, 0.2) is 4.99 Å². The highest BCUT2D eigenvalue weighted by Crippen LogP contribution is 2.19. The van der Waals surface area contributed by atoms with E-state index in [0.717, 1.165) is 51.3 Å². The van der Waals surface area contributed by atoms with E-state index in [1.165, 1.54) is 6.42 Å². The van der Waals surface area contributed by atoms with Crippen molar-refractivity contribution in [1.29, 1.82) is 0 Å². The Morgan fingerprint density at radius 2 is 1.86 bits per heavy atom. The monoisotopic (exact) mass is 299 g/mol. The summed E-state index contributed by atoms with van der Waals surface area (Å²) in [7, 11) is 0. The summed E-state index contributed by atoms with van der Waals surface area (Å²) in [5, 5.41) is 15.8. The van der Waals surface area contributed by atoms with Crippen molar-refractivity contribution in [3.63, 3.8) is 0 Å². The summed E-state index contributed by atoms with van der Waals surface area (Å²) in [5.74, 6) is 1.40. The second-order valence-corrected chi connectivity index (χ2v) is 6.98. The van der Waals surface area contributed by atoms with Gasteiger partial charge in [-0.15, -0.1) is 0 Å². The normalized spacial score (nSPS) is 14.1. The van der Waals surface area contributed by atoms with Gasteiger partial charge in [0.25, 0.3) is 0 Å². The van der Waals surface area contributed by atoms with Crippen LogP contribution in [-0.2, 0) is 0 Å².